The molecule has 0 spiro atoms. The smallest absolute Gasteiger partial charge is 0.352 e. The van der Waals surface area contributed by atoms with E-state index in [2.05, 4.69) is 50.5 Å². The van der Waals surface area contributed by atoms with Crippen molar-refractivity contribution in [3.8, 4) is 11.5 Å². The molecule has 0 aliphatic rings. The molecule has 2 rings (SSSR count). The first-order valence-corrected chi connectivity index (χ1v) is 10.5. The lowest BCUT2D eigenvalue weighted by Gasteiger charge is -2.15. The van der Waals surface area contributed by atoms with Gasteiger partial charge in [-0.05, 0) is 93.6 Å². The van der Waals surface area contributed by atoms with Gasteiger partial charge in [0.25, 0.3) is 0 Å². The molecule has 2 aromatic carbocycles. The molecule has 0 saturated heterocycles. The van der Waals surface area contributed by atoms with Crippen molar-refractivity contribution in [2.24, 2.45) is 0 Å². The van der Waals surface area contributed by atoms with Crippen molar-refractivity contribution in [3.63, 3.8) is 0 Å². The Kier molecular flexibility index (Phi) is 8.55. The summed E-state index contributed by atoms with van der Waals surface area (Å²) in [4.78, 5) is 22.6. The molecule has 0 unspecified atom stereocenters. The van der Waals surface area contributed by atoms with Gasteiger partial charge in [-0.2, -0.15) is 0 Å². The van der Waals surface area contributed by atoms with Gasteiger partial charge in [0.05, 0.1) is 10.2 Å². The minimum Gasteiger partial charge on any atom is -0.490 e. The van der Waals surface area contributed by atoms with Crippen LogP contribution < -0.4 is 14.8 Å². The number of halogens is 2. The molecule has 2 N–H and O–H groups in total. The summed E-state index contributed by atoms with van der Waals surface area (Å²) < 4.78 is 13.6. The fraction of sp³-hybridized carbons (Fsp3) is 0.200. The van der Waals surface area contributed by atoms with Gasteiger partial charge in [0.1, 0.15) is 12.3 Å². The molecule has 0 aromatic heterocycles. The van der Waals surface area contributed by atoms with E-state index in [1.54, 1.807) is 12.1 Å². The summed E-state index contributed by atoms with van der Waals surface area (Å²) in [7, 11) is 0. The monoisotopic (exact) mass is 607 g/mol. The Labute approximate surface area is 190 Å². The van der Waals surface area contributed by atoms with Crippen LogP contribution in [0.2, 0.25) is 0 Å². The maximum absolute atomic E-state index is 11.3. The molecule has 0 fully saturated rings. The maximum Gasteiger partial charge on any atom is 0.352 e. The second kappa shape index (κ2) is 10.6. The maximum atomic E-state index is 11.3. The number of amides is 1. The molecule has 28 heavy (non-hydrogen) atoms. The zero-order valence-electron chi connectivity index (χ0n) is 15.3. The van der Waals surface area contributed by atoms with Gasteiger partial charge in [0.15, 0.2) is 11.5 Å². The van der Waals surface area contributed by atoms with Crippen molar-refractivity contribution in [2.75, 3.05) is 6.61 Å². The third-order valence-electron chi connectivity index (χ3n) is 3.46. The number of hydrogen-bond acceptors (Lipinski definition) is 4. The molecule has 8 heteroatoms. The van der Waals surface area contributed by atoms with Gasteiger partial charge in [0.2, 0.25) is 5.91 Å². The van der Waals surface area contributed by atoms with Crippen molar-refractivity contribution < 1.29 is 24.2 Å². The predicted octanol–water partition coefficient (Wildman–Crippen LogP) is 4.44. The van der Waals surface area contributed by atoms with E-state index in [9.17, 15) is 14.7 Å². The lowest BCUT2D eigenvalue weighted by molar-refractivity contribution is -0.134. The van der Waals surface area contributed by atoms with Crippen LogP contribution in [0.3, 0.4) is 0 Å². The summed E-state index contributed by atoms with van der Waals surface area (Å²) in [5.41, 5.74) is 1.41. The lowest BCUT2D eigenvalue weighted by Crippen LogP contribution is -2.24. The zero-order chi connectivity index (χ0) is 20.7. The van der Waals surface area contributed by atoms with Crippen molar-refractivity contribution >= 4 is 63.1 Å². The Bertz CT molecular complexity index is 911. The van der Waals surface area contributed by atoms with Crippen LogP contribution in [0.5, 0.6) is 11.5 Å². The number of rotatable bonds is 8. The van der Waals surface area contributed by atoms with Crippen LogP contribution in [0.4, 0.5) is 0 Å². The van der Waals surface area contributed by atoms with E-state index in [1.165, 1.54) is 13.0 Å². The molecule has 1 amide bonds. The number of carboxylic acid groups (broad SMARTS) is 1. The van der Waals surface area contributed by atoms with E-state index in [-0.39, 0.29) is 5.70 Å². The van der Waals surface area contributed by atoms with Gasteiger partial charge in [-0.3, -0.25) is 4.79 Å². The second-order valence-electron chi connectivity index (χ2n) is 5.73. The van der Waals surface area contributed by atoms with E-state index in [0.717, 1.165) is 12.7 Å². The molecule has 2 aromatic rings. The first-order chi connectivity index (χ1) is 13.3. The van der Waals surface area contributed by atoms with E-state index >= 15 is 0 Å². The molecule has 0 heterocycles. The minimum atomic E-state index is -1.22. The van der Waals surface area contributed by atoms with E-state index in [0.29, 0.717) is 30.3 Å². The van der Waals surface area contributed by atoms with Crippen molar-refractivity contribution in [1.29, 1.82) is 0 Å². The number of aliphatic carboxylic acids is 1. The van der Waals surface area contributed by atoms with Crippen LogP contribution >= 0.6 is 45.2 Å². The number of hydrogen-bond donors (Lipinski definition) is 2. The SMILES string of the molecule is CCOc1cc(/C=C(/NC(C)=O)C(=O)O)cc(I)c1OCc1cccc(I)c1. The molecular formula is C20H19I2NO5. The highest BCUT2D eigenvalue weighted by molar-refractivity contribution is 14.1. The third kappa shape index (κ3) is 6.66. The van der Waals surface area contributed by atoms with E-state index in [1.807, 2.05) is 31.2 Å². The summed E-state index contributed by atoms with van der Waals surface area (Å²) in [6.45, 7) is 3.93. The van der Waals surface area contributed by atoms with Gasteiger partial charge in [-0.1, -0.05) is 12.1 Å². The summed E-state index contributed by atoms with van der Waals surface area (Å²) in [6.07, 6.45) is 1.39. The molecule has 6 nitrogen and oxygen atoms in total. The Hall–Kier alpha value is -1.82. The standard InChI is InChI=1S/C20H19I2NO5/c1-3-27-18-10-14(9-17(20(25)26)23-12(2)24)8-16(22)19(18)28-11-13-5-4-6-15(21)7-13/h4-10H,3,11H2,1-2H3,(H,23,24)(H,25,26)/b17-9+. The van der Waals surface area contributed by atoms with Crippen molar-refractivity contribution in [1.82, 2.24) is 5.32 Å². The van der Waals surface area contributed by atoms with Crippen LogP contribution in [0.25, 0.3) is 6.08 Å². The summed E-state index contributed by atoms with van der Waals surface area (Å²) in [6, 6.07) is 11.5. The molecule has 148 valence electrons. The first-order valence-electron chi connectivity index (χ1n) is 8.36. The third-order valence-corrected chi connectivity index (χ3v) is 4.93. The van der Waals surface area contributed by atoms with Gasteiger partial charge < -0.3 is 19.9 Å². The summed E-state index contributed by atoms with van der Waals surface area (Å²) in [5, 5.41) is 11.6. The highest BCUT2D eigenvalue weighted by atomic mass is 127. The zero-order valence-corrected chi connectivity index (χ0v) is 19.6. The minimum absolute atomic E-state index is 0.210. The van der Waals surface area contributed by atoms with Crippen molar-refractivity contribution in [3.05, 3.63) is 60.4 Å². The molecule has 0 aliphatic carbocycles. The molecular weight excluding hydrogens is 588 g/mol. The Morgan fingerprint density at radius 2 is 1.93 bits per heavy atom. The number of carbonyl (C=O) groups is 2. The largest absolute Gasteiger partial charge is 0.490 e. The van der Waals surface area contributed by atoms with Gasteiger partial charge in [-0.25, -0.2) is 4.79 Å². The molecule has 0 saturated carbocycles. The fourth-order valence-corrected chi connectivity index (χ4v) is 3.75. The Morgan fingerprint density at radius 3 is 2.54 bits per heavy atom. The van der Waals surface area contributed by atoms with Crippen LogP contribution in [-0.2, 0) is 16.2 Å². The highest BCUT2D eigenvalue weighted by Crippen LogP contribution is 2.35. The number of carboxylic acids is 1. The van der Waals surface area contributed by atoms with Crippen LogP contribution in [0, 0.1) is 7.14 Å². The number of benzene rings is 2. The highest BCUT2D eigenvalue weighted by Gasteiger charge is 2.14. The van der Waals surface area contributed by atoms with E-state index in [4.69, 9.17) is 9.47 Å². The second-order valence-corrected chi connectivity index (χ2v) is 8.13. The number of carbonyl (C=O) groups excluding carboxylic acids is 1. The average molecular weight is 607 g/mol. The predicted molar refractivity (Wildman–Crippen MR) is 123 cm³/mol. The molecule has 0 aliphatic heterocycles. The normalized spacial score (nSPS) is 11.1. The average Bonchev–Trinajstić information content (AvgIpc) is 2.60. The van der Waals surface area contributed by atoms with Crippen LogP contribution in [-0.4, -0.2) is 23.6 Å². The van der Waals surface area contributed by atoms with Gasteiger partial charge in [-0.15, -0.1) is 0 Å². The Balaban J connectivity index is 2.34. The number of nitrogens with one attached hydrogen (secondary N) is 1. The Morgan fingerprint density at radius 1 is 1.18 bits per heavy atom. The van der Waals surface area contributed by atoms with Gasteiger partial charge >= 0.3 is 5.97 Å². The summed E-state index contributed by atoms with van der Waals surface area (Å²) >= 11 is 4.37. The van der Waals surface area contributed by atoms with Gasteiger partial charge in [0, 0.05) is 10.5 Å². The van der Waals surface area contributed by atoms with Crippen LogP contribution in [0.15, 0.2) is 42.1 Å². The fourth-order valence-electron chi connectivity index (χ4n) is 2.36. The van der Waals surface area contributed by atoms with E-state index < -0.39 is 11.9 Å². The number of ether oxygens (including phenoxy) is 2. The van der Waals surface area contributed by atoms with Crippen LogP contribution in [0.1, 0.15) is 25.0 Å². The molecule has 0 atom stereocenters. The topological polar surface area (TPSA) is 84.9 Å². The quantitative estimate of drug-likeness (QED) is 0.343. The van der Waals surface area contributed by atoms with Crippen molar-refractivity contribution in [2.45, 2.75) is 20.5 Å². The first kappa shape index (κ1) is 22.5. The molecule has 0 radical (unpaired) electrons. The molecule has 0 bridgehead atoms. The summed E-state index contributed by atoms with van der Waals surface area (Å²) in [5.74, 6) is -0.568. The lowest BCUT2D eigenvalue weighted by atomic mass is 10.1.